The van der Waals surface area contributed by atoms with E-state index < -0.39 is 0 Å². The molecule has 0 radical (unpaired) electrons. The lowest BCUT2D eigenvalue weighted by Gasteiger charge is -2.25. The number of likely N-dealkylation sites (tertiary alicyclic amines) is 1. The van der Waals surface area contributed by atoms with Crippen molar-refractivity contribution in [1.29, 1.82) is 0 Å². The molecule has 0 saturated carbocycles. The number of rotatable bonds is 5. The zero-order chi connectivity index (χ0) is 11.8. The van der Waals surface area contributed by atoms with Crippen LogP contribution in [-0.4, -0.2) is 24.5 Å². The van der Waals surface area contributed by atoms with Crippen LogP contribution in [0.25, 0.3) is 0 Å². The first kappa shape index (κ1) is 13.5. The molecule has 1 aliphatic heterocycles. The summed E-state index contributed by atoms with van der Waals surface area (Å²) in [5.41, 5.74) is 2.98. The van der Waals surface area contributed by atoms with Gasteiger partial charge in [0.15, 0.2) is 0 Å². The molecule has 1 nitrogen and oxygen atoms in total. The lowest BCUT2D eigenvalue weighted by atomic mass is 10.1. The molecular formula is C15H27N. The lowest BCUT2D eigenvalue weighted by molar-refractivity contribution is 0.251. The summed E-state index contributed by atoms with van der Waals surface area (Å²) in [5, 5.41) is 0. The summed E-state index contributed by atoms with van der Waals surface area (Å²) in [6.45, 7) is 10.4. The number of piperidine rings is 1. The molecule has 1 fully saturated rings. The molecule has 0 bridgehead atoms. The third-order valence-corrected chi connectivity index (χ3v) is 3.24. The second-order valence-corrected chi connectivity index (χ2v) is 5.23. The summed E-state index contributed by atoms with van der Waals surface area (Å²) in [7, 11) is 0. The SMILES string of the molecule is CC(C)=CCCC(C)=CCN1CCCCC1. The van der Waals surface area contributed by atoms with E-state index in [-0.39, 0.29) is 0 Å². The zero-order valence-electron chi connectivity index (χ0n) is 11.3. The monoisotopic (exact) mass is 221 g/mol. The fourth-order valence-electron chi connectivity index (χ4n) is 2.12. The van der Waals surface area contributed by atoms with Crippen LogP contribution in [0, 0.1) is 0 Å². The van der Waals surface area contributed by atoms with Crippen molar-refractivity contribution >= 4 is 0 Å². The van der Waals surface area contributed by atoms with Gasteiger partial charge in [-0.3, -0.25) is 4.90 Å². The number of hydrogen-bond donors (Lipinski definition) is 0. The van der Waals surface area contributed by atoms with E-state index in [2.05, 4.69) is 37.8 Å². The van der Waals surface area contributed by atoms with E-state index >= 15 is 0 Å². The van der Waals surface area contributed by atoms with Gasteiger partial charge in [0.25, 0.3) is 0 Å². The molecule has 1 aliphatic rings. The second kappa shape index (κ2) is 7.67. The van der Waals surface area contributed by atoms with Crippen LogP contribution < -0.4 is 0 Å². The largest absolute Gasteiger partial charge is 0.300 e. The van der Waals surface area contributed by atoms with Gasteiger partial charge in [-0.1, -0.05) is 29.7 Å². The van der Waals surface area contributed by atoms with Gasteiger partial charge in [0, 0.05) is 6.54 Å². The highest BCUT2D eigenvalue weighted by Gasteiger charge is 2.07. The highest BCUT2D eigenvalue weighted by molar-refractivity contribution is 5.03. The first-order valence-electron chi connectivity index (χ1n) is 6.70. The van der Waals surface area contributed by atoms with Crippen LogP contribution in [0.3, 0.4) is 0 Å². The van der Waals surface area contributed by atoms with Crippen molar-refractivity contribution in [2.24, 2.45) is 0 Å². The summed E-state index contributed by atoms with van der Waals surface area (Å²) < 4.78 is 0. The normalized spacial score (nSPS) is 18.6. The summed E-state index contributed by atoms with van der Waals surface area (Å²) >= 11 is 0. The molecule has 92 valence electrons. The van der Waals surface area contributed by atoms with Crippen molar-refractivity contribution < 1.29 is 0 Å². The first-order valence-corrected chi connectivity index (χ1v) is 6.70. The predicted octanol–water partition coefficient (Wildman–Crippen LogP) is 4.17. The average molecular weight is 221 g/mol. The third-order valence-electron chi connectivity index (χ3n) is 3.24. The minimum absolute atomic E-state index is 1.17. The van der Waals surface area contributed by atoms with Crippen LogP contribution in [0.5, 0.6) is 0 Å². The Morgan fingerprint density at radius 3 is 2.31 bits per heavy atom. The summed E-state index contributed by atoms with van der Waals surface area (Å²) in [6, 6.07) is 0. The van der Waals surface area contributed by atoms with Gasteiger partial charge in [0.2, 0.25) is 0 Å². The van der Waals surface area contributed by atoms with E-state index in [1.807, 2.05) is 0 Å². The maximum absolute atomic E-state index is 2.58. The maximum Gasteiger partial charge on any atom is 0.0165 e. The van der Waals surface area contributed by atoms with Gasteiger partial charge in [-0.25, -0.2) is 0 Å². The van der Waals surface area contributed by atoms with Crippen molar-refractivity contribution in [3.8, 4) is 0 Å². The van der Waals surface area contributed by atoms with Crippen LogP contribution >= 0.6 is 0 Å². The topological polar surface area (TPSA) is 3.24 Å². The average Bonchev–Trinajstić information content (AvgIpc) is 2.27. The molecule has 0 N–H and O–H groups in total. The predicted molar refractivity (Wildman–Crippen MR) is 72.7 cm³/mol. The Bertz CT molecular complexity index is 240. The molecular weight excluding hydrogens is 194 g/mol. The molecule has 0 aliphatic carbocycles. The Morgan fingerprint density at radius 1 is 1.00 bits per heavy atom. The molecule has 1 rings (SSSR count). The second-order valence-electron chi connectivity index (χ2n) is 5.23. The Balaban J connectivity index is 2.19. The number of nitrogens with zero attached hydrogens (tertiary/aromatic N) is 1. The molecule has 0 spiro atoms. The quantitative estimate of drug-likeness (QED) is 0.630. The van der Waals surface area contributed by atoms with E-state index in [4.69, 9.17) is 0 Å². The summed E-state index contributed by atoms with van der Waals surface area (Å²) in [4.78, 5) is 2.58. The molecule has 1 saturated heterocycles. The minimum Gasteiger partial charge on any atom is -0.300 e. The van der Waals surface area contributed by atoms with Crippen molar-refractivity contribution in [3.05, 3.63) is 23.3 Å². The highest BCUT2D eigenvalue weighted by atomic mass is 15.1. The fraction of sp³-hybridized carbons (Fsp3) is 0.733. The van der Waals surface area contributed by atoms with Gasteiger partial charge < -0.3 is 0 Å². The molecule has 0 amide bonds. The minimum atomic E-state index is 1.17. The van der Waals surface area contributed by atoms with Gasteiger partial charge in [0.1, 0.15) is 0 Å². The Labute approximate surface area is 101 Å². The van der Waals surface area contributed by atoms with Gasteiger partial charge >= 0.3 is 0 Å². The molecule has 0 aromatic carbocycles. The maximum atomic E-state index is 2.58. The van der Waals surface area contributed by atoms with Crippen LogP contribution in [-0.2, 0) is 0 Å². The number of allylic oxidation sites excluding steroid dienone is 3. The molecule has 0 atom stereocenters. The lowest BCUT2D eigenvalue weighted by Crippen LogP contribution is -2.29. The molecule has 1 heterocycles. The van der Waals surface area contributed by atoms with Gasteiger partial charge in [-0.15, -0.1) is 0 Å². The zero-order valence-corrected chi connectivity index (χ0v) is 11.3. The Kier molecular flexibility index (Phi) is 6.47. The van der Waals surface area contributed by atoms with Crippen LogP contribution in [0.4, 0.5) is 0 Å². The van der Waals surface area contributed by atoms with Crippen molar-refractivity contribution in [2.75, 3.05) is 19.6 Å². The van der Waals surface area contributed by atoms with E-state index in [0.717, 1.165) is 0 Å². The molecule has 0 aromatic rings. The molecule has 16 heavy (non-hydrogen) atoms. The van der Waals surface area contributed by atoms with E-state index in [1.54, 1.807) is 5.57 Å². The van der Waals surface area contributed by atoms with Gasteiger partial charge in [-0.2, -0.15) is 0 Å². The Hall–Kier alpha value is -0.560. The van der Waals surface area contributed by atoms with Crippen LogP contribution in [0.2, 0.25) is 0 Å². The van der Waals surface area contributed by atoms with Gasteiger partial charge in [0.05, 0.1) is 0 Å². The van der Waals surface area contributed by atoms with Crippen LogP contribution in [0.15, 0.2) is 23.3 Å². The molecule has 1 heteroatoms. The fourth-order valence-corrected chi connectivity index (χ4v) is 2.12. The van der Waals surface area contributed by atoms with Crippen molar-refractivity contribution in [3.63, 3.8) is 0 Å². The smallest absolute Gasteiger partial charge is 0.0165 e. The Morgan fingerprint density at radius 2 is 1.69 bits per heavy atom. The van der Waals surface area contributed by atoms with E-state index in [9.17, 15) is 0 Å². The van der Waals surface area contributed by atoms with Crippen molar-refractivity contribution in [2.45, 2.75) is 52.9 Å². The van der Waals surface area contributed by atoms with Crippen molar-refractivity contribution in [1.82, 2.24) is 4.90 Å². The molecule has 0 unspecified atom stereocenters. The first-order chi connectivity index (χ1) is 7.68. The third kappa shape index (κ3) is 6.12. The van der Waals surface area contributed by atoms with Crippen LogP contribution in [0.1, 0.15) is 52.9 Å². The van der Waals surface area contributed by atoms with E-state index in [1.165, 1.54) is 57.3 Å². The standard InChI is InChI=1S/C15H27N/c1-14(2)8-7-9-15(3)10-13-16-11-5-4-6-12-16/h8,10H,4-7,9,11-13H2,1-3H3. The summed E-state index contributed by atoms with van der Waals surface area (Å²) in [5.74, 6) is 0. The summed E-state index contributed by atoms with van der Waals surface area (Å²) in [6.07, 6.45) is 11.4. The van der Waals surface area contributed by atoms with Gasteiger partial charge in [-0.05, 0) is 59.5 Å². The highest BCUT2D eigenvalue weighted by Crippen LogP contribution is 2.10. The number of hydrogen-bond acceptors (Lipinski definition) is 1. The molecule has 0 aromatic heterocycles. The van der Waals surface area contributed by atoms with E-state index in [0.29, 0.717) is 0 Å².